The number of benzene rings is 1. The molecule has 2 saturated carbocycles. The molecule has 3 aliphatic rings. The molecule has 0 amide bonds. The summed E-state index contributed by atoms with van der Waals surface area (Å²) >= 11 is 0. The Hall–Kier alpha value is -2.77. The second-order valence-corrected chi connectivity index (χ2v) is 6.76. The highest BCUT2D eigenvalue weighted by atomic mass is 16.6. The minimum absolute atomic E-state index is 0.0618. The van der Waals surface area contributed by atoms with Crippen LogP contribution in [-0.2, 0) is 19.1 Å². The Labute approximate surface area is 142 Å². The zero-order valence-electron chi connectivity index (χ0n) is 13.1. The van der Waals surface area contributed by atoms with Crippen molar-refractivity contribution in [2.45, 2.75) is 18.9 Å². The maximum atomic E-state index is 12.4. The lowest BCUT2D eigenvalue weighted by Crippen LogP contribution is -2.34. The van der Waals surface area contributed by atoms with Gasteiger partial charge in [-0.25, -0.2) is 0 Å². The van der Waals surface area contributed by atoms with E-state index in [9.17, 15) is 24.5 Å². The highest BCUT2D eigenvalue weighted by Crippen LogP contribution is 2.57. The SMILES string of the molecule is O=C(COC(=O)[C@@H]1[C@@H]2C[C@@H]3[C@H]1C(=O)O[C@@H]3C2)c1ccc([N+](=O)[O-])cc1. The van der Waals surface area contributed by atoms with Crippen LogP contribution in [0.25, 0.3) is 0 Å². The van der Waals surface area contributed by atoms with Gasteiger partial charge >= 0.3 is 11.9 Å². The lowest BCUT2D eigenvalue weighted by Gasteiger charge is -2.22. The number of fused-ring (bicyclic) bond motifs is 1. The average molecular weight is 345 g/mol. The molecule has 0 spiro atoms. The standard InChI is InChI=1S/C17H15NO7/c19-12(8-1-3-10(4-2-8)18(22)23)7-24-16(20)14-9-5-11-13(6-9)25-17(21)15(11)14/h1-4,9,11,13-15H,5-7H2/t9-,11+,13-,14-,15-/m1/s1. The highest BCUT2D eigenvalue weighted by molar-refractivity contribution is 5.98. The number of Topliss-reactive ketones (excluding diaryl/α,β-unsaturated/α-hetero) is 1. The van der Waals surface area contributed by atoms with Crippen LogP contribution in [0.1, 0.15) is 23.2 Å². The predicted molar refractivity (Wildman–Crippen MR) is 81.5 cm³/mol. The molecule has 2 aliphatic carbocycles. The monoisotopic (exact) mass is 345 g/mol. The van der Waals surface area contributed by atoms with E-state index in [0.717, 1.165) is 6.42 Å². The second kappa shape index (κ2) is 5.65. The summed E-state index contributed by atoms with van der Waals surface area (Å²) in [5.41, 5.74) is 0.108. The molecule has 3 fully saturated rings. The van der Waals surface area contributed by atoms with Crippen LogP contribution in [-0.4, -0.2) is 35.4 Å². The van der Waals surface area contributed by atoms with Gasteiger partial charge in [-0.15, -0.1) is 0 Å². The maximum Gasteiger partial charge on any atom is 0.310 e. The fourth-order valence-electron chi connectivity index (χ4n) is 4.41. The minimum Gasteiger partial charge on any atom is -0.462 e. The number of nitro groups is 1. The van der Waals surface area contributed by atoms with Crippen LogP contribution in [0.2, 0.25) is 0 Å². The number of ketones is 1. The van der Waals surface area contributed by atoms with Crippen LogP contribution in [0.15, 0.2) is 24.3 Å². The topological polar surface area (TPSA) is 113 Å². The summed E-state index contributed by atoms with van der Waals surface area (Å²) in [6.45, 7) is -0.449. The van der Waals surface area contributed by atoms with Crippen molar-refractivity contribution in [3.8, 4) is 0 Å². The van der Waals surface area contributed by atoms with Crippen molar-refractivity contribution in [2.24, 2.45) is 23.7 Å². The Balaban J connectivity index is 1.38. The van der Waals surface area contributed by atoms with Gasteiger partial charge in [0.15, 0.2) is 12.4 Å². The summed E-state index contributed by atoms with van der Waals surface area (Å²) in [4.78, 5) is 46.4. The fraction of sp³-hybridized carbons (Fsp3) is 0.471. The number of hydrogen-bond donors (Lipinski definition) is 0. The third-order valence-corrected chi connectivity index (χ3v) is 5.50. The third-order valence-electron chi connectivity index (χ3n) is 5.50. The lowest BCUT2D eigenvalue weighted by atomic mass is 9.80. The molecule has 1 heterocycles. The number of esters is 2. The molecule has 1 aromatic rings. The van der Waals surface area contributed by atoms with Crippen LogP contribution in [0, 0.1) is 33.8 Å². The smallest absolute Gasteiger partial charge is 0.310 e. The van der Waals surface area contributed by atoms with Gasteiger partial charge < -0.3 is 9.47 Å². The van der Waals surface area contributed by atoms with Crippen LogP contribution < -0.4 is 0 Å². The first-order valence-electron chi connectivity index (χ1n) is 8.10. The Morgan fingerprint density at radius 1 is 1.24 bits per heavy atom. The van der Waals surface area contributed by atoms with Gasteiger partial charge in [0, 0.05) is 23.6 Å². The van der Waals surface area contributed by atoms with Crippen LogP contribution in [0.5, 0.6) is 0 Å². The van der Waals surface area contributed by atoms with Gasteiger partial charge in [-0.05, 0) is 30.9 Å². The summed E-state index contributed by atoms with van der Waals surface area (Å²) < 4.78 is 10.4. The summed E-state index contributed by atoms with van der Waals surface area (Å²) in [7, 11) is 0. The Morgan fingerprint density at radius 3 is 2.64 bits per heavy atom. The summed E-state index contributed by atoms with van der Waals surface area (Å²) in [5, 5.41) is 10.6. The lowest BCUT2D eigenvalue weighted by molar-refractivity contribution is -0.384. The maximum absolute atomic E-state index is 12.4. The van der Waals surface area contributed by atoms with E-state index in [2.05, 4.69) is 0 Å². The Kier molecular flexibility index (Phi) is 3.55. The zero-order valence-corrected chi connectivity index (χ0v) is 13.1. The van der Waals surface area contributed by atoms with Crippen LogP contribution in [0.4, 0.5) is 5.69 Å². The fourth-order valence-corrected chi connectivity index (χ4v) is 4.41. The van der Waals surface area contributed by atoms with Gasteiger partial charge in [0.25, 0.3) is 5.69 Å². The predicted octanol–water partition coefficient (Wildman–Crippen LogP) is 1.52. The molecule has 25 heavy (non-hydrogen) atoms. The normalized spacial score (nSPS) is 31.7. The molecule has 0 unspecified atom stereocenters. The van der Waals surface area contributed by atoms with Crippen molar-refractivity contribution < 1.29 is 28.8 Å². The summed E-state index contributed by atoms with van der Waals surface area (Å²) in [6.07, 6.45) is 1.41. The number of carbonyl (C=O) groups is 3. The quantitative estimate of drug-likeness (QED) is 0.344. The molecule has 0 N–H and O–H groups in total. The van der Waals surface area contributed by atoms with Gasteiger partial charge in [0.2, 0.25) is 0 Å². The molecule has 0 radical (unpaired) electrons. The Morgan fingerprint density at radius 2 is 1.96 bits per heavy atom. The number of hydrogen-bond acceptors (Lipinski definition) is 7. The Bertz CT molecular complexity index is 770. The van der Waals surface area contributed by atoms with E-state index in [1.807, 2.05) is 0 Å². The summed E-state index contributed by atoms with van der Waals surface area (Å²) in [5.74, 6) is -2.11. The molecule has 8 nitrogen and oxygen atoms in total. The largest absolute Gasteiger partial charge is 0.462 e. The second-order valence-electron chi connectivity index (χ2n) is 6.76. The van der Waals surface area contributed by atoms with E-state index >= 15 is 0 Å². The van der Waals surface area contributed by atoms with E-state index in [-0.39, 0.29) is 35.2 Å². The highest BCUT2D eigenvalue weighted by Gasteiger charge is 2.64. The molecular weight excluding hydrogens is 330 g/mol. The molecule has 1 aromatic carbocycles. The number of nitro benzene ring substituents is 1. The van der Waals surface area contributed by atoms with Crippen LogP contribution >= 0.6 is 0 Å². The first-order chi connectivity index (χ1) is 12.0. The molecule has 1 saturated heterocycles. The van der Waals surface area contributed by atoms with Crippen molar-refractivity contribution in [3.63, 3.8) is 0 Å². The number of non-ortho nitro benzene ring substituents is 1. The average Bonchev–Trinajstić information content (AvgIpc) is 3.21. The van der Waals surface area contributed by atoms with Gasteiger partial charge in [0.05, 0.1) is 16.8 Å². The number of nitrogens with zero attached hydrogens (tertiary/aromatic N) is 1. The number of ether oxygens (including phenoxy) is 2. The third kappa shape index (κ3) is 2.48. The van der Waals surface area contributed by atoms with Crippen molar-refractivity contribution >= 4 is 23.4 Å². The van der Waals surface area contributed by atoms with Crippen molar-refractivity contribution in [1.82, 2.24) is 0 Å². The zero-order chi connectivity index (χ0) is 17.7. The molecule has 8 heteroatoms. The molecular formula is C17H15NO7. The van der Waals surface area contributed by atoms with Crippen molar-refractivity contribution in [3.05, 3.63) is 39.9 Å². The number of rotatable bonds is 5. The molecule has 2 bridgehead atoms. The minimum atomic E-state index is -0.558. The number of carbonyl (C=O) groups excluding carboxylic acids is 3. The molecule has 5 atom stereocenters. The van der Waals surface area contributed by atoms with Gasteiger partial charge in [0.1, 0.15) is 6.10 Å². The molecule has 0 aromatic heterocycles. The molecule has 4 rings (SSSR count). The first-order valence-corrected chi connectivity index (χ1v) is 8.10. The summed E-state index contributed by atoms with van der Waals surface area (Å²) in [6, 6.07) is 5.09. The van der Waals surface area contributed by atoms with E-state index in [4.69, 9.17) is 9.47 Å². The van der Waals surface area contributed by atoms with Gasteiger partial charge in [-0.2, -0.15) is 0 Å². The van der Waals surface area contributed by atoms with E-state index in [1.54, 1.807) is 0 Å². The van der Waals surface area contributed by atoms with Crippen LogP contribution in [0.3, 0.4) is 0 Å². The molecule has 130 valence electrons. The van der Waals surface area contributed by atoms with E-state index < -0.39 is 35.1 Å². The van der Waals surface area contributed by atoms with Gasteiger partial charge in [-0.1, -0.05) is 0 Å². The van der Waals surface area contributed by atoms with Gasteiger partial charge in [-0.3, -0.25) is 24.5 Å². The first kappa shape index (κ1) is 15.7. The van der Waals surface area contributed by atoms with E-state index in [0.29, 0.717) is 6.42 Å². The van der Waals surface area contributed by atoms with Crippen molar-refractivity contribution in [2.75, 3.05) is 6.61 Å². The van der Waals surface area contributed by atoms with E-state index in [1.165, 1.54) is 24.3 Å². The van der Waals surface area contributed by atoms with Crippen molar-refractivity contribution in [1.29, 1.82) is 0 Å². The molecule has 1 aliphatic heterocycles.